The van der Waals surface area contributed by atoms with Gasteiger partial charge in [0.05, 0.1) is 10.6 Å². The van der Waals surface area contributed by atoms with Gasteiger partial charge < -0.3 is 10.6 Å². The van der Waals surface area contributed by atoms with Crippen LogP contribution in [-0.4, -0.2) is 17.0 Å². The number of hydrogen-bond donors (Lipinski definition) is 2. The van der Waals surface area contributed by atoms with E-state index in [9.17, 15) is 9.59 Å². The first-order valence-corrected chi connectivity index (χ1v) is 8.55. The number of carbonyl (C=O) groups is 2. The largest absolute Gasteiger partial charge is 0.326 e. The van der Waals surface area contributed by atoms with Gasteiger partial charge >= 0.3 is 0 Å². The number of benzene rings is 2. The molecule has 1 fully saturated rings. The smallest absolute Gasteiger partial charge is 0.264 e. The van der Waals surface area contributed by atoms with Crippen LogP contribution in [0.25, 0.3) is 6.08 Å². The lowest BCUT2D eigenvalue weighted by Crippen LogP contribution is -2.19. The molecule has 5 nitrogen and oxygen atoms in total. The minimum absolute atomic E-state index is 0.122. The third kappa shape index (κ3) is 4.58. The standard InChI is InChI=1S/C19H17N3O2S/c1-12-4-3-5-14(10-12)11-17-18(24)22-19(25-17)21-16-8-6-15(7-9-16)20-13(2)23/h3-11H,1-2H3,(H,20,23)(H,21,22,24)/b17-11-. The number of carbonyl (C=O) groups excluding carboxylic acids is 2. The van der Waals surface area contributed by atoms with Gasteiger partial charge in [-0.05, 0) is 54.6 Å². The molecular weight excluding hydrogens is 334 g/mol. The number of nitrogens with zero attached hydrogens (tertiary/aromatic N) is 1. The molecule has 2 aromatic carbocycles. The van der Waals surface area contributed by atoms with Crippen LogP contribution in [0.2, 0.25) is 0 Å². The number of amides is 2. The van der Waals surface area contributed by atoms with Gasteiger partial charge in [0.1, 0.15) is 0 Å². The molecule has 2 amide bonds. The predicted octanol–water partition coefficient (Wildman–Crippen LogP) is 3.85. The lowest BCUT2D eigenvalue weighted by atomic mass is 10.1. The Labute approximate surface area is 150 Å². The van der Waals surface area contributed by atoms with Crippen LogP contribution in [0.4, 0.5) is 11.4 Å². The highest BCUT2D eigenvalue weighted by Crippen LogP contribution is 2.28. The van der Waals surface area contributed by atoms with E-state index in [2.05, 4.69) is 15.6 Å². The number of rotatable bonds is 3. The second-order valence-electron chi connectivity index (χ2n) is 5.62. The van der Waals surface area contributed by atoms with E-state index in [0.29, 0.717) is 21.4 Å². The Hall–Kier alpha value is -2.86. The van der Waals surface area contributed by atoms with E-state index in [0.717, 1.165) is 11.1 Å². The molecule has 0 bridgehead atoms. The Bertz CT molecular complexity index is 886. The molecule has 1 heterocycles. The molecule has 0 unspecified atom stereocenters. The first kappa shape index (κ1) is 17.0. The topological polar surface area (TPSA) is 70.6 Å². The van der Waals surface area contributed by atoms with Gasteiger partial charge in [-0.15, -0.1) is 0 Å². The zero-order chi connectivity index (χ0) is 17.8. The van der Waals surface area contributed by atoms with Gasteiger partial charge in [-0.2, -0.15) is 0 Å². The summed E-state index contributed by atoms with van der Waals surface area (Å²) in [5.41, 5.74) is 3.54. The summed E-state index contributed by atoms with van der Waals surface area (Å²) in [6.45, 7) is 3.47. The van der Waals surface area contributed by atoms with E-state index in [1.165, 1.54) is 18.7 Å². The number of nitrogens with one attached hydrogen (secondary N) is 2. The Morgan fingerprint density at radius 2 is 1.96 bits per heavy atom. The van der Waals surface area contributed by atoms with Gasteiger partial charge in [0, 0.05) is 12.6 Å². The molecule has 3 rings (SSSR count). The van der Waals surface area contributed by atoms with Crippen molar-refractivity contribution in [1.82, 2.24) is 5.32 Å². The number of aryl methyl sites for hydroxylation is 1. The van der Waals surface area contributed by atoms with Crippen molar-refractivity contribution < 1.29 is 9.59 Å². The van der Waals surface area contributed by atoms with Crippen molar-refractivity contribution in [1.29, 1.82) is 0 Å². The minimum Gasteiger partial charge on any atom is -0.326 e. The van der Waals surface area contributed by atoms with Gasteiger partial charge in [-0.1, -0.05) is 29.8 Å². The van der Waals surface area contributed by atoms with Crippen LogP contribution in [-0.2, 0) is 9.59 Å². The monoisotopic (exact) mass is 351 g/mol. The van der Waals surface area contributed by atoms with Crippen LogP contribution >= 0.6 is 11.8 Å². The van der Waals surface area contributed by atoms with Crippen molar-refractivity contribution in [3.8, 4) is 0 Å². The molecule has 0 spiro atoms. The fourth-order valence-corrected chi connectivity index (χ4v) is 3.17. The highest BCUT2D eigenvalue weighted by molar-refractivity contribution is 8.18. The summed E-state index contributed by atoms with van der Waals surface area (Å²) < 4.78 is 0. The number of aliphatic imine (C=N–C) groups is 1. The zero-order valence-electron chi connectivity index (χ0n) is 13.9. The summed E-state index contributed by atoms with van der Waals surface area (Å²) in [5, 5.41) is 6.01. The predicted molar refractivity (Wildman–Crippen MR) is 103 cm³/mol. The molecule has 2 aromatic rings. The third-order valence-corrected chi connectivity index (χ3v) is 4.32. The fraction of sp³-hybridized carbons (Fsp3) is 0.105. The Balaban J connectivity index is 1.75. The van der Waals surface area contributed by atoms with E-state index in [-0.39, 0.29) is 11.8 Å². The summed E-state index contributed by atoms with van der Waals surface area (Å²) in [5.74, 6) is -0.274. The maximum absolute atomic E-state index is 12.1. The molecule has 1 aliphatic rings. The maximum Gasteiger partial charge on any atom is 0.264 e. The van der Waals surface area contributed by atoms with Crippen molar-refractivity contribution in [2.24, 2.45) is 4.99 Å². The van der Waals surface area contributed by atoms with Crippen LogP contribution in [0.1, 0.15) is 18.1 Å². The minimum atomic E-state index is -0.153. The number of amidine groups is 1. The quantitative estimate of drug-likeness (QED) is 0.825. The van der Waals surface area contributed by atoms with Crippen LogP contribution in [0, 0.1) is 6.92 Å². The fourth-order valence-electron chi connectivity index (χ4n) is 2.33. The molecule has 0 saturated carbocycles. The summed E-state index contributed by atoms with van der Waals surface area (Å²) in [6, 6.07) is 15.1. The van der Waals surface area contributed by atoms with Crippen molar-refractivity contribution >= 4 is 46.2 Å². The van der Waals surface area contributed by atoms with E-state index in [1.807, 2.05) is 37.3 Å². The number of thioether (sulfide) groups is 1. The number of anilines is 1. The Kier molecular flexibility index (Phi) is 5.00. The van der Waals surface area contributed by atoms with E-state index < -0.39 is 0 Å². The average molecular weight is 351 g/mol. The second kappa shape index (κ2) is 7.36. The van der Waals surface area contributed by atoms with E-state index in [4.69, 9.17) is 0 Å². The highest BCUT2D eigenvalue weighted by Gasteiger charge is 2.23. The summed E-state index contributed by atoms with van der Waals surface area (Å²) in [7, 11) is 0. The van der Waals surface area contributed by atoms with Gasteiger partial charge in [0.2, 0.25) is 5.91 Å². The molecule has 25 heavy (non-hydrogen) atoms. The molecule has 2 N–H and O–H groups in total. The van der Waals surface area contributed by atoms with Crippen LogP contribution in [0.15, 0.2) is 58.4 Å². The molecule has 0 aliphatic carbocycles. The van der Waals surface area contributed by atoms with Crippen LogP contribution in [0.5, 0.6) is 0 Å². The molecule has 0 radical (unpaired) electrons. The van der Waals surface area contributed by atoms with Gasteiger partial charge in [-0.3, -0.25) is 9.59 Å². The normalized spacial score (nSPS) is 17.0. The van der Waals surface area contributed by atoms with Crippen molar-refractivity contribution in [3.05, 3.63) is 64.6 Å². The first-order valence-electron chi connectivity index (χ1n) is 7.73. The highest BCUT2D eigenvalue weighted by atomic mass is 32.2. The van der Waals surface area contributed by atoms with Gasteiger partial charge in [0.15, 0.2) is 5.17 Å². The molecule has 6 heteroatoms. The maximum atomic E-state index is 12.1. The van der Waals surface area contributed by atoms with Crippen molar-refractivity contribution in [2.45, 2.75) is 13.8 Å². The van der Waals surface area contributed by atoms with Gasteiger partial charge in [-0.25, -0.2) is 4.99 Å². The first-order chi connectivity index (χ1) is 12.0. The SMILES string of the molecule is CC(=O)Nc1ccc(N=C2NC(=O)/C(=C/c3cccc(C)c3)S2)cc1. The number of hydrogen-bond acceptors (Lipinski definition) is 4. The molecule has 0 atom stereocenters. The van der Waals surface area contributed by atoms with Crippen molar-refractivity contribution in [2.75, 3.05) is 5.32 Å². The molecule has 1 aliphatic heterocycles. The second-order valence-corrected chi connectivity index (χ2v) is 6.65. The molecule has 0 aromatic heterocycles. The van der Waals surface area contributed by atoms with Crippen LogP contribution in [0.3, 0.4) is 0 Å². The summed E-state index contributed by atoms with van der Waals surface area (Å²) in [4.78, 5) is 28.2. The van der Waals surface area contributed by atoms with Crippen LogP contribution < -0.4 is 10.6 Å². The molecule has 126 valence electrons. The van der Waals surface area contributed by atoms with Gasteiger partial charge in [0.25, 0.3) is 5.91 Å². The Morgan fingerprint density at radius 1 is 1.20 bits per heavy atom. The molecule has 1 saturated heterocycles. The lowest BCUT2D eigenvalue weighted by Gasteiger charge is -2.02. The summed E-state index contributed by atoms with van der Waals surface area (Å²) >= 11 is 1.31. The summed E-state index contributed by atoms with van der Waals surface area (Å²) in [6.07, 6.45) is 1.86. The average Bonchev–Trinajstić information content (AvgIpc) is 2.88. The Morgan fingerprint density at radius 3 is 2.64 bits per heavy atom. The van der Waals surface area contributed by atoms with E-state index >= 15 is 0 Å². The molecular formula is C19H17N3O2S. The lowest BCUT2D eigenvalue weighted by molar-refractivity contribution is -0.115. The van der Waals surface area contributed by atoms with E-state index in [1.54, 1.807) is 24.3 Å². The van der Waals surface area contributed by atoms with Crippen molar-refractivity contribution in [3.63, 3.8) is 0 Å². The third-order valence-electron chi connectivity index (χ3n) is 3.41. The zero-order valence-corrected chi connectivity index (χ0v) is 14.7.